The number of ether oxygens (including phenoxy) is 1. The molecule has 0 fully saturated rings. The van der Waals surface area contributed by atoms with Crippen LogP contribution in [-0.2, 0) is 6.61 Å². The van der Waals surface area contributed by atoms with Crippen LogP contribution in [0.4, 0.5) is 4.39 Å². The highest BCUT2D eigenvalue weighted by molar-refractivity contribution is 9.10. The van der Waals surface area contributed by atoms with Gasteiger partial charge in [0.1, 0.15) is 12.1 Å². The fourth-order valence-corrected chi connectivity index (χ4v) is 2.61. The summed E-state index contributed by atoms with van der Waals surface area (Å²) in [6, 6.07) is 11.1. The van der Waals surface area contributed by atoms with E-state index >= 15 is 0 Å². The molecule has 1 aromatic heterocycles. The molecule has 0 radical (unpaired) electrons. The molecule has 1 heterocycles. The third-order valence-corrected chi connectivity index (χ3v) is 4.45. The highest BCUT2D eigenvalue weighted by Crippen LogP contribution is 2.35. The van der Waals surface area contributed by atoms with E-state index in [9.17, 15) is 4.39 Å². The second-order valence-electron chi connectivity index (χ2n) is 4.45. The minimum Gasteiger partial charge on any atom is -0.472 e. The van der Waals surface area contributed by atoms with Gasteiger partial charge in [-0.15, -0.1) is 0 Å². The quantitative estimate of drug-likeness (QED) is 0.434. The van der Waals surface area contributed by atoms with Crippen LogP contribution in [0.1, 0.15) is 5.56 Å². The monoisotopic (exact) mass is 400 g/mol. The number of benzene rings is 2. The van der Waals surface area contributed by atoms with Gasteiger partial charge in [-0.2, -0.15) is 4.98 Å². The van der Waals surface area contributed by atoms with E-state index < -0.39 is 5.82 Å². The molecule has 0 saturated carbocycles. The molecule has 0 aliphatic rings. The van der Waals surface area contributed by atoms with E-state index in [1.54, 1.807) is 6.07 Å². The Labute approximate surface area is 144 Å². The first-order valence-electron chi connectivity index (χ1n) is 6.23. The van der Waals surface area contributed by atoms with Gasteiger partial charge in [0.2, 0.25) is 11.2 Å². The van der Waals surface area contributed by atoms with Gasteiger partial charge in [0.15, 0.2) is 5.82 Å². The van der Waals surface area contributed by atoms with Crippen LogP contribution in [-0.4, -0.2) is 9.97 Å². The van der Waals surface area contributed by atoms with Crippen molar-refractivity contribution in [1.29, 1.82) is 0 Å². The van der Waals surface area contributed by atoms with Gasteiger partial charge in [0.05, 0.1) is 14.9 Å². The maximum atomic E-state index is 14.2. The second-order valence-corrected chi connectivity index (χ2v) is 5.99. The normalized spacial score (nSPS) is 10.9. The largest absolute Gasteiger partial charge is 0.472 e. The van der Waals surface area contributed by atoms with Gasteiger partial charge < -0.3 is 4.74 Å². The number of rotatable bonds is 3. The van der Waals surface area contributed by atoms with Gasteiger partial charge in [-0.25, -0.2) is 9.37 Å². The summed E-state index contributed by atoms with van der Waals surface area (Å²) in [7, 11) is 0. The summed E-state index contributed by atoms with van der Waals surface area (Å²) in [5, 5.41) is 0.482. The van der Waals surface area contributed by atoms with Crippen LogP contribution >= 0.6 is 39.1 Å². The lowest BCUT2D eigenvalue weighted by atomic mass is 10.2. The Morgan fingerprint density at radius 2 is 1.86 bits per heavy atom. The SMILES string of the molecule is Fc1c(Br)c(Cl)cc2c(OCc3ccccc3)nc(Cl)nc12. The molecular formula is C15H8BrCl2FN2O. The van der Waals surface area contributed by atoms with E-state index in [1.807, 2.05) is 30.3 Å². The van der Waals surface area contributed by atoms with Crippen LogP contribution in [0.5, 0.6) is 5.88 Å². The van der Waals surface area contributed by atoms with Crippen molar-refractivity contribution < 1.29 is 9.13 Å². The number of hydrogen-bond donors (Lipinski definition) is 0. The van der Waals surface area contributed by atoms with E-state index in [0.717, 1.165) is 5.56 Å². The van der Waals surface area contributed by atoms with Crippen molar-refractivity contribution >= 4 is 50.0 Å². The van der Waals surface area contributed by atoms with Crippen LogP contribution in [0, 0.1) is 5.82 Å². The molecule has 112 valence electrons. The Balaban J connectivity index is 2.05. The van der Waals surface area contributed by atoms with Crippen LogP contribution < -0.4 is 4.74 Å². The van der Waals surface area contributed by atoms with Gasteiger partial charge in [-0.1, -0.05) is 41.9 Å². The Kier molecular flexibility index (Phi) is 4.47. The lowest BCUT2D eigenvalue weighted by Gasteiger charge is -2.10. The zero-order chi connectivity index (χ0) is 15.7. The molecule has 0 spiro atoms. The summed E-state index contributed by atoms with van der Waals surface area (Å²) in [6.07, 6.45) is 0. The van der Waals surface area contributed by atoms with Crippen molar-refractivity contribution in [2.45, 2.75) is 6.61 Å². The van der Waals surface area contributed by atoms with E-state index in [4.69, 9.17) is 27.9 Å². The molecule has 0 aliphatic heterocycles. The molecule has 0 aliphatic carbocycles. The number of nitrogens with zero attached hydrogens (tertiary/aromatic N) is 2. The average molecular weight is 402 g/mol. The topological polar surface area (TPSA) is 35.0 Å². The minimum atomic E-state index is -0.601. The molecule has 0 atom stereocenters. The molecule has 7 heteroatoms. The summed E-state index contributed by atoms with van der Waals surface area (Å²) in [5.41, 5.74) is 1.01. The smallest absolute Gasteiger partial charge is 0.226 e. The third-order valence-electron chi connectivity index (χ3n) is 2.98. The predicted octanol–water partition coefficient (Wildman–Crippen LogP) is 5.42. The van der Waals surface area contributed by atoms with Crippen LogP contribution in [0.2, 0.25) is 10.3 Å². The number of hydrogen-bond acceptors (Lipinski definition) is 3. The summed E-state index contributed by atoms with van der Waals surface area (Å²) < 4.78 is 20.0. The summed E-state index contributed by atoms with van der Waals surface area (Å²) in [5.74, 6) is -0.413. The number of halogens is 4. The van der Waals surface area contributed by atoms with Crippen LogP contribution in [0.3, 0.4) is 0 Å². The van der Waals surface area contributed by atoms with Crippen LogP contribution in [0.25, 0.3) is 10.9 Å². The molecule has 2 aromatic carbocycles. The van der Waals surface area contributed by atoms with Gasteiger partial charge in [0.25, 0.3) is 0 Å². The van der Waals surface area contributed by atoms with Gasteiger partial charge in [0, 0.05) is 0 Å². The summed E-state index contributed by atoms with van der Waals surface area (Å²) >= 11 is 14.9. The first-order valence-corrected chi connectivity index (χ1v) is 7.78. The molecule has 3 aromatic rings. The predicted molar refractivity (Wildman–Crippen MR) is 88.0 cm³/mol. The number of aromatic nitrogens is 2. The molecular weight excluding hydrogens is 394 g/mol. The Bertz CT molecular complexity index is 846. The molecule has 0 unspecified atom stereocenters. The van der Waals surface area contributed by atoms with E-state index in [2.05, 4.69) is 25.9 Å². The van der Waals surface area contributed by atoms with Gasteiger partial charge >= 0.3 is 0 Å². The van der Waals surface area contributed by atoms with Crippen molar-refractivity contribution in [3.05, 3.63) is 62.6 Å². The first kappa shape index (κ1) is 15.5. The Morgan fingerprint density at radius 3 is 2.59 bits per heavy atom. The van der Waals surface area contributed by atoms with Gasteiger partial charge in [-0.05, 0) is 39.2 Å². The molecule has 3 rings (SSSR count). The first-order chi connectivity index (χ1) is 10.6. The zero-order valence-corrected chi connectivity index (χ0v) is 14.1. The van der Waals surface area contributed by atoms with Gasteiger partial charge in [-0.3, -0.25) is 0 Å². The molecule has 0 bridgehead atoms. The maximum absolute atomic E-state index is 14.2. The van der Waals surface area contributed by atoms with E-state index in [1.165, 1.54) is 0 Å². The Morgan fingerprint density at radius 1 is 1.14 bits per heavy atom. The highest BCUT2D eigenvalue weighted by Gasteiger charge is 2.17. The lowest BCUT2D eigenvalue weighted by molar-refractivity contribution is 0.297. The molecule has 0 amide bonds. The Hall–Kier alpha value is -1.43. The molecule has 0 N–H and O–H groups in total. The number of fused-ring (bicyclic) bond motifs is 1. The highest BCUT2D eigenvalue weighted by atomic mass is 79.9. The fraction of sp³-hybridized carbons (Fsp3) is 0.0667. The van der Waals surface area contributed by atoms with E-state index in [-0.39, 0.29) is 32.8 Å². The molecule has 22 heavy (non-hydrogen) atoms. The van der Waals surface area contributed by atoms with Crippen LogP contribution in [0.15, 0.2) is 40.9 Å². The van der Waals surface area contributed by atoms with Crippen molar-refractivity contribution in [3.63, 3.8) is 0 Å². The minimum absolute atomic E-state index is 0.0549. The lowest BCUT2D eigenvalue weighted by Crippen LogP contribution is -2.00. The van der Waals surface area contributed by atoms with Crippen molar-refractivity contribution in [2.24, 2.45) is 0 Å². The second kappa shape index (κ2) is 6.36. The fourth-order valence-electron chi connectivity index (χ4n) is 1.96. The standard InChI is InChI=1S/C15H8BrCl2FN2O/c16-11-10(17)6-9-13(12(11)19)20-15(18)21-14(9)22-7-8-4-2-1-3-5-8/h1-6H,7H2. The van der Waals surface area contributed by atoms with Crippen molar-refractivity contribution in [2.75, 3.05) is 0 Å². The maximum Gasteiger partial charge on any atom is 0.226 e. The van der Waals surface area contributed by atoms with E-state index in [0.29, 0.717) is 5.39 Å². The third kappa shape index (κ3) is 3.02. The average Bonchev–Trinajstić information content (AvgIpc) is 2.52. The van der Waals surface area contributed by atoms with Crippen molar-refractivity contribution in [1.82, 2.24) is 9.97 Å². The summed E-state index contributed by atoms with van der Waals surface area (Å²) in [4.78, 5) is 7.92. The molecule has 0 saturated heterocycles. The molecule has 3 nitrogen and oxygen atoms in total. The zero-order valence-electron chi connectivity index (χ0n) is 11.0. The van der Waals surface area contributed by atoms with Crippen molar-refractivity contribution in [3.8, 4) is 5.88 Å². The summed E-state index contributed by atoms with van der Waals surface area (Å²) in [6.45, 7) is 0.276.